The van der Waals surface area contributed by atoms with Gasteiger partial charge in [0.05, 0.1) is 16.7 Å². The molecule has 0 radical (unpaired) electrons. The number of rotatable bonds is 8. The zero-order valence-corrected chi connectivity index (χ0v) is 36.5. The normalized spacial score (nSPS) is 12.6. The lowest BCUT2D eigenvalue weighted by Crippen LogP contribution is -2.17. The van der Waals surface area contributed by atoms with Gasteiger partial charge in [-0.05, 0) is 116 Å². The van der Waals surface area contributed by atoms with Crippen molar-refractivity contribution >= 4 is 38.9 Å². The summed E-state index contributed by atoms with van der Waals surface area (Å²) in [4.78, 5) is 2.47. The number of para-hydroxylation sites is 2. The Labute approximate surface area is 381 Å². The van der Waals surface area contributed by atoms with Crippen LogP contribution in [0, 0.1) is 0 Å². The lowest BCUT2D eigenvalue weighted by Gasteiger charge is -2.30. The summed E-state index contributed by atoms with van der Waals surface area (Å²) < 4.78 is 2.39. The predicted molar refractivity (Wildman–Crippen MR) is 275 cm³/mol. The monoisotopic (exact) mass is 830 g/mol. The summed E-state index contributed by atoms with van der Waals surface area (Å²) in [5.41, 5.74) is 21.6. The molecule has 11 aromatic rings. The van der Waals surface area contributed by atoms with Gasteiger partial charge in [-0.15, -0.1) is 0 Å². The number of anilines is 3. The Morgan fingerprint density at radius 2 is 0.815 bits per heavy atom. The van der Waals surface area contributed by atoms with E-state index in [-0.39, 0.29) is 5.41 Å². The largest absolute Gasteiger partial charge is 0.310 e. The Morgan fingerprint density at radius 1 is 0.323 bits per heavy atom. The van der Waals surface area contributed by atoms with Gasteiger partial charge in [0.25, 0.3) is 0 Å². The molecule has 0 bridgehead atoms. The molecule has 0 spiro atoms. The average Bonchev–Trinajstić information content (AvgIpc) is 3.82. The maximum absolute atomic E-state index is 2.47. The lowest BCUT2D eigenvalue weighted by atomic mass is 9.82. The van der Waals surface area contributed by atoms with Crippen LogP contribution in [0.5, 0.6) is 0 Å². The number of hydrogen-bond acceptors (Lipinski definition) is 1. The molecule has 1 aliphatic rings. The smallest absolute Gasteiger partial charge is 0.0547 e. The van der Waals surface area contributed by atoms with Gasteiger partial charge in [-0.3, -0.25) is 0 Å². The molecule has 0 saturated carbocycles. The minimum Gasteiger partial charge on any atom is -0.310 e. The van der Waals surface area contributed by atoms with Gasteiger partial charge in [0.15, 0.2) is 0 Å². The van der Waals surface area contributed by atoms with E-state index in [0.717, 1.165) is 33.9 Å². The van der Waals surface area contributed by atoms with Crippen LogP contribution < -0.4 is 4.90 Å². The minimum absolute atomic E-state index is 0.145. The fourth-order valence-corrected chi connectivity index (χ4v) is 10.3. The topological polar surface area (TPSA) is 8.17 Å². The molecular formula is C63H46N2. The van der Waals surface area contributed by atoms with Gasteiger partial charge in [0.1, 0.15) is 0 Å². The zero-order chi connectivity index (χ0) is 43.5. The van der Waals surface area contributed by atoms with Crippen molar-refractivity contribution in [2.24, 2.45) is 0 Å². The number of fused-ring (bicyclic) bond motifs is 6. The Hall–Kier alpha value is -8.20. The maximum atomic E-state index is 2.47. The fourth-order valence-electron chi connectivity index (χ4n) is 10.3. The van der Waals surface area contributed by atoms with Crippen molar-refractivity contribution in [1.82, 2.24) is 4.57 Å². The second kappa shape index (κ2) is 15.6. The van der Waals surface area contributed by atoms with Crippen molar-refractivity contribution in [2.45, 2.75) is 19.3 Å². The predicted octanol–water partition coefficient (Wildman–Crippen LogP) is 17.2. The number of nitrogens with zero attached hydrogens (tertiary/aromatic N) is 2. The maximum Gasteiger partial charge on any atom is 0.0547 e. The Bertz CT molecular complexity index is 3530. The van der Waals surface area contributed by atoms with E-state index in [1.54, 1.807) is 0 Å². The molecule has 0 N–H and O–H groups in total. The SMILES string of the molecule is CC1(C)c2ccccc2-c2ccc(N(c3ccc(-c4ccccc4)cc3)c3cc(-c4ccccc4)ccc3-c3ccc(-c4ccc5c6ccccc6n(-c6ccccc6)c5c4)cc3)cc21. The molecule has 1 aliphatic carbocycles. The molecule has 0 aliphatic heterocycles. The van der Waals surface area contributed by atoms with Crippen molar-refractivity contribution < 1.29 is 0 Å². The van der Waals surface area contributed by atoms with Crippen LogP contribution in [0.3, 0.4) is 0 Å². The van der Waals surface area contributed by atoms with Gasteiger partial charge in [0.2, 0.25) is 0 Å². The minimum atomic E-state index is -0.145. The molecule has 12 rings (SSSR count). The molecule has 65 heavy (non-hydrogen) atoms. The van der Waals surface area contributed by atoms with Crippen molar-refractivity contribution in [3.8, 4) is 61.3 Å². The molecule has 0 fully saturated rings. The summed E-state index contributed by atoms with van der Waals surface area (Å²) in [6.45, 7) is 4.73. The van der Waals surface area contributed by atoms with Crippen molar-refractivity contribution in [2.75, 3.05) is 4.90 Å². The van der Waals surface area contributed by atoms with E-state index >= 15 is 0 Å². The van der Waals surface area contributed by atoms with Crippen LogP contribution in [-0.4, -0.2) is 4.57 Å². The van der Waals surface area contributed by atoms with E-state index in [4.69, 9.17) is 0 Å². The zero-order valence-electron chi connectivity index (χ0n) is 36.5. The number of aromatic nitrogens is 1. The highest BCUT2D eigenvalue weighted by atomic mass is 15.1. The highest BCUT2D eigenvalue weighted by Gasteiger charge is 2.36. The summed E-state index contributed by atoms with van der Waals surface area (Å²) in [6, 6.07) is 88.9. The van der Waals surface area contributed by atoms with E-state index < -0.39 is 0 Å². The van der Waals surface area contributed by atoms with Crippen molar-refractivity contribution in [3.05, 3.63) is 254 Å². The molecule has 2 nitrogen and oxygen atoms in total. The molecule has 10 aromatic carbocycles. The summed E-state index contributed by atoms with van der Waals surface area (Å²) in [5, 5.41) is 2.51. The Morgan fingerprint density at radius 3 is 1.57 bits per heavy atom. The highest BCUT2D eigenvalue weighted by Crippen LogP contribution is 2.52. The van der Waals surface area contributed by atoms with Crippen LogP contribution in [0.1, 0.15) is 25.0 Å². The van der Waals surface area contributed by atoms with E-state index in [0.29, 0.717) is 0 Å². The molecule has 1 heterocycles. The van der Waals surface area contributed by atoms with E-state index in [1.165, 1.54) is 77.4 Å². The third-order valence-electron chi connectivity index (χ3n) is 13.6. The van der Waals surface area contributed by atoms with E-state index in [1.807, 2.05) is 0 Å². The highest BCUT2D eigenvalue weighted by molar-refractivity contribution is 6.10. The number of hydrogen-bond donors (Lipinski definition) is 0. The third-order valence-corrected chi connectivity index (χ3v) is 13.6. The van der Waals surface area contributed by atoms with Gasteiger partial charge in [0, 0.05) is 38.8 Å². The first-order chi connectivity index (χ1) is 32.0. The van der Waals surface area contributed by atoms with Gasteiger partial charge < -0.3 is 9.47 Å². The van der Waals surface area contributed by atoms with Crippen molar-refractivity contribution in [1.29, 1.82) is 0 Å². The Kier molecular flexibility index (Phi) is 9.21. The van der Waals surface area contributed by atoms with Crippen LogP contribution in [-0.2, 0) is 5.41 Å². The average molecular weight is 831 g/mol. The van der Waals surface area contributed by atoms with E-state index in [9.17, 15) is 0 Å². The quantitative estimate of drug-likeness (QED) is 0.148. The van der Waals surface area contributed by atoms with Crippen LogP contribution >= 0.6 is 0 Å². The van der Waals surface area contributed by atoms with E-state index in [2.05, 4.69) is 266 Å². The molecule has 0 atom stereocenters. The van der Waals surface area contributed by atoms with Crippen molar-refractivity contribution in [3.63, 3.8) is 0 Å². The molecule has 1 aromatic heterocycles. The van der Waals surface area contributed by atoms with Gasteiger partial charge in [-0.25, -0.2) is 0 Å². The van der Waals surface area contributed by atoms with Crippen LogP contribution in [0.2, 0.25) is 0 Å². The van der Waals surface area contributed by atoms with Gasteiger partial charge in [-0.1, -0.05) is 202 Å². The molecular weight excluding hydrogens is 785 g/mol. The standard InChI is InChI=1S/C63H46N2/c1-63(2)58-24-14-12-22-54(58)55-39-36-52(42-59(55)63)64(51-34-30-45(31-35-51)43-16-6-3-7-17-43)61-40-48(44-18-8-4-9-19-44)32-37-53(61)47-28-26-46(27-29-47)49-33-38-57-56-23-13-15-25-60(56)65(62(57)41-49)50-20-10-5-11-21-50/h3-42H,1-2H3. The van der Waals surface area contributed by atoms with Gasteiger partial charge in [-0.2, -0.15) is 0 Å². The third kappa shape index (κ3) is 6.57. The molecule has 0 amide bonds. The first-order valence-electron chi connectivity index (χ1n) is 22.6. The summed E-state index contributed by atoms with van der Waals surface area (Å²) in [6.07, 6.45) is 0. The second-order valence-electron chi connectivity index (χ2n) is 17.7. The van der Waals surface area contributed by atoms with Crippen LogP contribution in [0.25, 0.3) is 83.1 Å². The molecule has 0 saturated heterocycles. The first-order valence-corrected chi connectivity index (χ1v) is 22.6. The molecule has 2 heteroatoms. The summed E-state index contributed by atoms with van der Waals surface area (Å²) >= 11 is 0. The summed E-state index contributed by atoms with van der Waals surface area (Å²) in [5.74, 6) is 0. The number of benzene rings is 10. The van der Waals surface area contributed by atoms with Gasteiger partial charge >= 0.3 is 0 Å². The van der Waals surface area contributed by atoms with Crippen LogP contribution in [0.15, 0.2) is 243 Å². The molecule has 0 unspecified atom stereocenters. The lowest BCUT2D eigenvalue weighted by molar-refractivity contribution is 0.660. The first kappa shape index (κ1) is 38.5. The second-order valence-corrected chi connectivity index (χ2v) is 17.7. The fraction of sp³-hybridized carbons (Fsp3) is 0.0476. The van der Waals surface area contributed by atoms with Crippen LogP contribution in [0.4, 0.5) is 17.1 Å². The Balaban J connectivity index is 1.02. The molecule has 308 valence electrons. The summed E-state index contributed by atoms with van der Waals surface area (Å²) in [7, 11) is 0.